The summed E-state index contributed by atoms with van der Waals surface area (Å²) in [6.07, 6.45) is -0.690. The van der Waals surface area contributed by atoms with Crippen molar-refractivity contribution >= 4 is 21.9 Å². The van der Waals surface area contributed by atoms with E-state index in [1.807, 2.05) is 6.92 Å². The first-order chi connectivity index (χ1) is 12.2. The zero-order valence-electron chi connectivity index (χ0n) is 14.9. The zero-order valence-corrected chi connectivity index (χ0v) is 15.7. The molecule has 1 aliphatic rings. The van der Waals surface area contributed by atoms with Gasteiger partial charge < -0.3 is 14.7 Å². The number of carbonyl (C=O) groups excluding carboxylic acids is 1. The van der Waals surface area contributed by atoms with Gasteiger partial charge in [-0.15, -0.1) is 0 Å². The van der Waals surface area contributed by atoms with Crippen LogP contribution in [0.2, 0.25) is 0 Å². The molecule has 2 rings (SSSR count). The number of hydrogen-bond acceptors (Lipinski definition) is 5. The molecule has 0 spiro atoms. The molecule has 1 aromatic carbocycles. The van der Waals surface area contributed by atoms with E-state index in [0.717, 1.165) is 5.56 Å². The van der Waals surface area contributed by atoms with Crippen LogP contribution < -0.4 is 4.72 Å². The highest BCUT2D eigenvalue weighted by Gasteiger charge is 2.26. The van der Waals surface area contributed by atoms with Crippen molar-refractivity contribution in [1.82, 2.24) is 9.62 Å². The molecule has 0 aliphatic carbocycles. The van der Waals surface area contributed by atoms with Gasteiger partial charge in [0.1, 0.15) is 0 Å². The molecule has 9 heteroatoms. The molecule has 1 heterocycles. The number of ether oxygens (including phenoxy) is 1. The molecule has 0 saturated carbocycles. The Balaban J connectivity index is 1.88. The Morgan fingerprint density at radius 1 is 1.35 bits per heavy atom. The van der Waals surface area contributed by atoms with Crippen LogP contribution in [0.1, 0.15) is 24.0 Å². The van der Waals surface area contributed by atoms with Crippen LogP contribution in [0.15, 0.2) is 23.1 Å². The number of benzene rings is 1. The van der Waals surface area contributed by atoms with Crippen LogP contribution in [0.3, 0.4) is 0 Å². The number of aliphatic carboxylic acids is 1. The average Bonchev–Trinajstić information content (AvgIpc) is 2.53. The third kappa shape index (κ3) is 5.52. The van der Waals surface area contributed by atoms with Crippen molar-refractivity contribution in [3.05, 3.63) is 29.3 Å². The highest BCUT2D eigenvalue weighted by molar-refractivity contribution is 7.89. The summed E-state index contributed by atoms with van der Waals surface area (Å²) in [5, 5.41) is 8.81. The molecule has 0 aromatic heterocycles. The largest absolute Gasteiger partial charge is 0.481 e. The minimum absolute atomic E-state index is 0.00390. The van der Waals surface area contributed by atoms with Gasteiger partial charge in [-0.1, -0.05) is 17.7 Å². The van der Waals surface area contributed by atoms with E-state index in [4.69, 9.17) is 9.84 Å². The van der Waals surface area contributed by atoms with E-state index in [1.165, 1.54) is 4.90 Å². The lowest BCUT2D eigenvalue weighted by Crippen LogP contribution is -2.47. The van der Waals surface area contributed by atoms with Gasteiger partial charge in [0.25, 0.3) is 0 Å². The van der Waals surface area contributed by atoms with E-state index in [2.05, 4.69) is 4.72 Å². The number of morpholine rings is 1. The first-order valence-corrected chi connectivity index (χ1v) is 9.85. The summed E-state index contributed by atoms with van der Waals surface area (Å²) in [7, 11) is -3.68. The second-order valence-corrected chi connectivity index (χ2v) is 8.08. The van der Waals surface area contributed by atoms with Gasteiger partial charge >= 0.3 is 5.97 Å². The van der Waals surface area contributed by atoms with Gasteiger partial charge in [0.15, 0.2) is 0 Å². The summed E-state index contributed by atoms with van der Waals surface area (Å²) in [5.41, 5.74) is 1.62. The minimum Gasteiger partial charge on any atom is -0.481 e. The van der Waals surface area contributed by atoms with E-state index < -0.39 is 22.1 Å². The van der Waals surface area contributed by atoms with Gasteiger partial charge in [-0.2, -0.15) is 0 Å². The van der Waals surface area contributed by atoms with Gasteiger partial charge in [-0.05, 0) is 25.5 Å². The molecule has 144 valence electrons. The van der Waals surface area contributed by atoms with Crippen molar-refractivity contribution in [3.8, 4) is 0 Å². The molecular formula is C17H24N2O6S. The first kappa shape index (κ1) is 20.3. The molecule has 0 bridgehead atoms. The van der Waals surface area contributed by atoms with Crippen molar-refractivity contribution in [1.29, 1.82) is 0 Å². The predicted molar refractivity (Wildman–Crippen MR) is 94.3 cm³/mol. The van der Waals surface area contributed by atoms with Crippen LogP contribution in [-0.2, 0) is 24.3 Å². The minimum atomic E-state index is -3.68. The topological polar surface area (TPSA) is 113 Å². The van der Waals surface area contributed by atoms with E-state index in [0.29, 0.717) is 12.1 Å². The Morgan fingerprint density at radius 2 is 2.08 bits per heavy atom. The summed E-state index contributed by atoms with van der Waals surface area (Å²) in [5.74, 6) is -1.21. The van der Waals surface area contributed by atoms with E-state index in [9.17, 15) is 18.0 Å². The number of nitrogens with one attached hydrogen (secondary N) is 1. The standard InChI is InChI=1S/C17H24N2O6S/c1-12-3-4-15(13(2)9-12)26(23,24)18-6-5-16(20)19-7-8-25-14(11-19)10-17(21)22/h3-4,9,14,18H,5-8,10-11H2,1-2H3,(H,21,22)/t14-/m1/s1. The first-order valence-electron chi connectivity index (χ1n) is 8.37. The number of hydrogen-bond donors (Lipinski definition) is 2. The molecule has 2 N–H and O–H groups in total. The Kier molecular flexibility index (Phi) is 6.74. The van der Waals surface area contributed by atoms with Crippen LogP contribution in [0.4, 0.5) is 0 Å². The fourth-order valence-corrected chi connectivity index (χ4v) is 4.15. The zero-order chi connectivity index (χ0) is 19.3. The molecule has 0 unspecified atom stereocenters. The monoisotopic (exact) mass is 384 g/mol. The smallest absolute Gasteiger partial charge is 0.306 e. The number of carbonyl (C=O) groups is 2. The van der Waals surface area contributed by atoms with Crippen LogP contribution in [0.25, 0.3) is 0 Å². The Hall–Kier alpha value is -1.97. The maximum Gasteiger partial charge on any atom is 0.306 e. The van der Waals surface area contributed by atoms with Gasteiger partial charge in [-0.3, -0.25) is 9.59 Å². The summed E-state index contributed by atoms with van der Waals surface area (Å²) >= 11 is 0. The summed E-state index contributed by atoms with van der Waals surface area (Å²) in [4.78, 5) is 24.7. The normalized spacial score (nSPS) is 17.9. The second kappa shape index (κ2) is 8.61. The van der Waals surface area contributed by atoms with Crippen molar-refractivity contribution in [2.45, 2.75) is 37.7 Å². The summed E-state index contributed by atoms with van der Waals surface area (Å²) in [6, 6.07) is 5.06. The molecule has 1 fully saturated rings. The summed E-state index contributed by atoms with van der Waals surface area (Å²) in [6.45, 7) is 4.44. The lowest BCUT2D eigenvalue weighted by molar-refractivity contribution is -0.147. The Morgan fingerprint density at radius 3 is 2.73 bits per heavy atom. The lowest BCUT2D eigenvalue weighted by Gasteiger charge is -2.32. The quantitative estimate of drug-likeness (QED) is 0.715. The van der Waals surface area contributed by atoms with Crippen LogP contribution >= 0.6 is 0 Å². The van der Waals surface area contributed by atoms with Gasteiger partial charge in [-0.25, -0.2) is 13.1 Å². The molecule has 1 aliphatic heterocycles. The number of nitrogens with zero attached hydrogens (tertiary/aromatic N) is 1. The predicted octanol–water partition coefficient (Wildman–Crippen LogP) is 0.674. The average molecular weight is 384 g/mol. The van der Waals surface area contributed by atoms with Crippen molar-refractivity contribution in [2.75, 3.05) is 26.2 Å². The highest BCUT2D eigenvalue weighted by Crippen LogP contribution is 2.16. The lowest BCUT2D eigenvalue weighted by atomic mass is 10.2. The molecule has 1 saturated heterocycles. The number of carboxylic acid groups (broad SMARTS) is 1. The summed E-state index contributed by atoms with van der Waals surface area (Å²) < 4.78 is 32.5. The molecule has 1 amide bonds. The molecule has 0 radical (unpaired) electrons. The van der Waals surface area contributed by atoms with E-state index in [-0.39, 0.29) is 43.3 Å². The SMILES string of the molecule is Cc1ccc(S(=O)(=O)NCCC(=O)N2CCO[C@H](CC(=O)O)C2)c(C)c1. The fraction of sp³-hybridized carbons (Fsp3) is 0.529. The molecular weight excluding hydrogens is 360 g/mol. The maximum atomic E-state index is 12.4. The van der Waals surface area contributed by atoms with E-state index >= 15 is 0 Å². The molecule has 8 nitrogen and oxygen atoms in total. The fourth-order valence-electron chi connectivity index (χ4n) is 2.89. The second-order valence-electron chi connectivity index (χ2n) is 6.35. The Bertz CT molecular complexity index is 777. The van der Waals surface area contributed by atoms with Crippen LogP contribution in [-0.4, -0.2) is 62.6 Å². The molecule has 26 heavy (non-hydrogen) atoms. The molecule has 1 aromatic rings. The third-order valence-electron chi connectivity index (χ3n) is 4.14. The highest BCUT2D eigenvalue weighted by atomic mass is 32.2. The van der Waals surface area contributed by atoms with Crippen molar-refractivity contribution < 1.29 is 27.9 Å². The van der Waals surface area contributed by atoms with Crippen LogP contribution in [0, 0.1) is 13.8 Å². The van der Waals surface area contributed by atoms with Gasteiger partial charge in [0.2, 0.25) is 15.9 Å². The number of carboxylic acids is 1. The van der Waals surface area contributed by atoms with Crippen molar-refractivity contribution in [3.63, 3.8) is 0 Å². The van der Waals surface area contributed by atoms with Crippen LogP contribution in [0.5, 0.6) is 0 Å². The van der Waals surface area contributed by atoms with E-state index in [1.54, 1.807) is 25.1 Å². The van der Waals surface area contributed by atoms with Crippen molar-refractivity contribution in [2.24, 2.45) is 0 Å². The Labute approximate surface area is 153 Å². The van der Waals surface area contributed by atoms with Gasteiger partial charge in [0.05, 0.1) is 24.0 Å². The number of amides is 1. The third-order valence-corrected chi connectivity index (χ3v) is 5.77. The molecule has 1 atom stereocenters. The number of rotatable bonds is 7. The van der Waals surface area contributed by atoms with Gasteiger partial charge in [0, 0.05) is 26.1 Å². The number of sulfonamides is 1. The number of aryl methyl sites for hydroxylation is 2. The maximum absolute atomic E-state index is 12.4.